The molecule has 0 atom stereocenters. The number of thioether (sulfide) groups is 2. The van der Waals surface area contributed by atoms with Crippen molar-refractivity contribution in [1.29, 1.82) is 0 Å². The maximum atomic E-state index is 14.0. The molecule has 36 heavy (non-hydrogen) atoms. The summed E-state index contributed by atoms with van der Waals surface area (Å²) in [6, 6.07) is 15.0. The number of hydrogen-bond acceptors (Lipinski definition) is 7. The number of nitrogens with one attached hydrogen (secondary N) is 1. The van der Waals surface area contributed by atoms with Crippen LogP contribution in [0.3, 0.4) is 0 Å². The number of aromatic nitrogens is 2. The molecule has 1 aliphatic heterocycles. The molecule has 5 rings (SSSR count). The number of benzene rings is 2. The van der Waals surface area contributed by atoms with Gasteiger partial charge in [0, 0.05) is 21.1 Å². The largest absolute Gasteiger partial charge is 0.497 e. The minimum Gasteiger partial charge on any atom is -0.497 e. The Morgan fingerprint density at radius 3 is 2.58 bits per heavy atom. The van der Waals surface area contributed by atoms with E-state index >= 15 is 0 Å². The van der Waals surface area contributed by atoms with E-state index in [1.807, 2.05) is 43.0 Å². The summed E-state index contributed by atoms with van der Waals surface area (Å²) >= 11 is 4.79. The lowest BCUT2D eigenvalue weighted by atomic mass is 10.00. The van der Waals surface area contributed by atoms with Crippen LogP contribution in [-0.2, 0) is 17.0 Å². The number of carbonyl (C=O) groups excluding carboxylic acids is 1. The minimum atomic E-state index is -0.168. The van der Waals surface area contributed by atoms with Gasteiger partial charge in [0.05, 0.1) is 23.9 Å². The molecule has 1 N–H and O–H groups in total. The van der Waals surface area contributed by atoms with Crippen molar-refractivity contribution in [3.8, 4) is 11.4 Å². The van der Waals surface area contributed by atoms with E-state index in [4.69, 9.17) is 9.72 Å². The van der Waals surface area contributed by atoms with Crippen molar-refractivity contribution in [1.82, 2.24) is 9.55 Å². The average molecular weight is 538 g/mol. The van der Waals surface area contributed by atoms with Crippen LogP contribution in [0.1, 0.15) is 29.9 Å². The van der Waals surface area contributed by atoms with Crippen LogP contribution in [0.4, 0.5) is 5.69 Å². The Morgan fingerprint density at radius 2 is 1.89 bits per heavy atom. The van der Waals surface area contributed by atoms with Crippen LogP contribution in [0, 0.1) is 6.92 Å². The van der Waals surface area contributed by atoms with E-state index < -0.39 is 0 Å². The van der Waals surface area contributed by atoms with E-state index in [-0.39, 0.29) is 22.0 Å². The Hall–Kier alpha value is -2.75. The number of anilines is 1. The predicted molar refractivity (Wildman–Crippen MR) is 151 cm³/mol. The quantitative estimate of drug-likeness (QED) is 0.238. The lowest BCUT2D eigenvalue weighted by molar-refractivity contribution is -0.113. The molecular formula is C27H27N3O3S3. The predicted octanol–water partition coefficient (Wildman–Crippen LogP) is 6.06. The van der Waals surface area contributed by atoms with E-state index in [2.05, 4.69) is 19.2 Å². The lowest BCUT2D eigenvalue weighted by Crippen LogP contribution is -2.26. The molecule has 9 heteroatoms. The molecule has 1 aliphatic rings. The number of fused-ring (bicyclic) bond motifs is 3. The normalized spacial score (nSPS) is 14.4. The second-order valence-corrected chi connectivity index (χ2v) is 13.1. The number of thiophene rings is 1. The van der Waals surface area contributed by atoms with Crippen molar-refractivity contribution >= 4 is 56.7 Å². The molecule has 0 aliphatic carbocycles. The number of methoxy groups -OCH3 is 1. The number of aryl methyl sites for hydroxylation is 1. The summed E-state index contributed by atoms with van der Waals surface area (Å²) in [6.07, 6.45) is 0.842. The first-order chi connectivity index (χ1) is 17.2. The molecule has 2 aromatic carbocycles. The summed E-state index contributed by atoms with van der Waals surface area (Å²) in [7, 11) is 1.60. The Bertz CT molecular complexity index is 1490. The van der Waals surface area contributed by atoms with Crippen LogP contribution in [0.5, 0.6) is 5.75 Å². The molecule has 186 valence electrons. The molecule has 0 radical (unpaired) electrons. The second-order valence-electron chi connectivity index (χ2n) is 9.34. The molecule has 2 aromatic heterocycles. The van der Waals surface area contributed by atoms with Gasteiger partial charge in [-0.05, 0) is 55.3 Å². The van der Waals surface area contributed by atoms with E-state index in [0.29, 0.717) is 10.8 Å². The van der Waals surface area contributed by atoms with Crippen molar-refractivity contribution in [2.24, 2.45) is 0 Å². The third kappa shape index (κ3) is 5.05. The molecule has 1 amide bonds. The van der Waals surface area contributed by atoms with Crippen LogP contribution in [0.2, 0.25) is 0 Å². The Balaban J connectivity index is 1.51. The van der Waals surface area contributed by atoms with Gasteiger partial charge in [-0.25, -0.2) is 4.98 Å². The molecule has 0 fully saturated rings. The molecule has 3 heterocycles. The van der Waals surface area contributed by atoms with E-state index in [0.717, 1.165) is 45.0 Å². The summed E-state index contributed by atoms with van der Waals surface area (Å²) in [6.45, 7) is 6.46. The molecule has 0 spiro atoms. The summed E-state index contributed by atoms with van der Waals surface area (Å²) in [5.41, 5.74) is 3.61. The molecule has 6 nitrogen and oxygen atoms in total. The molecule has 0 unspecified atom stereocenters. The van der Waals surface area contributed by atoms with E-state index in [1.54, 1.807) is 47.3 Å². The smallest absolute Gasteiger partial charge is 0.267 e. The molecule has 0 bridgehead atoms. The number of carbonyl (C=O) groups is 1. The van der Waals surface area contributed by atoms with Crippen molar-refractivity contribution < 1.29 is 9.53 Å². The van der Waals surface area contributed by atoms with Gasteiger partial charge in [-0.1, -0.05) is 43.3 Å². The molecule has 0 saturated heterocycles. The van der Waals surface area contributed by atoms with Crippen molar-refractivity contribution in [3.05, 3.63) is 74.9 Å². The van der Waals surface area contributed by atoms with Gasteiger partial charge in [-0.3, -0.25) is 14.2 Å². The van der Waals surface area contributed by atoms with Gasteiger partial charge in [0.25, 0.3) is 5.56 Å². The zero-order valence-corrected chi connectivity index (χ0v) is 23.0. The van der Waals surface area contributed by atoms with Crippen molar-refractivity contribution in [2.75, 3.05) is 18.2 Å². The lowest BCUT2D eigenvalue weighted by Gasteiger charge is -2.28. The Kier molecular flexibility index (Phi) is 6.89. The summed E-state index contributed by atoms with van der Waals surface area (Å²) in [4.78, 5) is 33.6. The molecule has 4 aromatic rings. The SMILES string of the molecule is COc1ccc(NC(=O)CSc2nc3sc4c(c3c(=O)n2-c2ccc(C)cc2)CC(C)(C)SC4)cc1. The zero-order chi connectivity index (χ0) is 25.4. The number of rotatable bonds is 6. The maximum absolute atomic E-state index is 14.0. The van der Waals surface area contributed by atoms with E-state index in [1.165, 1.54) is 16.6 Å². The third-order valence-electron chi connectivity index (χ3n) is 6.07. The zero-order valence-electron chi connectivity index (χ0n) is 20.6. The van der Waals surface area contributed by atoms with Gasteiger partial charge in [-0.15, -0.1) is 23.1 Å². The topological polar surface area (TPSA) is 73.2 Å². The first-order valence-electron chi connectivity index (χ1n) is 11.6. The van der Waals surface area contributed by atoms with Gasteiger partial charge in [0.15, 0.2) is 5.16 Å². The van der Waals surface area contributed by atoms with Crippen LogP contribution in [-0.4, -0.2) is 33.1 Å². The maximum Gasteiger partial charge on any atom is 0.267 e. The fraction of sp³-hybridized carbons (Fsp3) is 0.296. The van der Waals surface area contributed by atoms with Gasteiger partial charge in [0.2, 0.25) is 5.91 Å². The van der Waals surface area contributed by atoms with Crippen LogP contribution in [0.15, 0.2) is 58.5 Å². The first-order valence-corrected chi connectivity index (χ1v) is 14.4. The van der Waals surface area contributed by atoms with Gasteiger partial charge >= 0.3 is 0 Å². The van der Waals surface area contributed by atoms with Crippen molar-refractivity contribution in [3.63, 3.8) is 0 Å². The highest BCUT2D eigenvalue weighted by Gasteiger charge is 2.31. The third-order valence-corrected chi connectivity index (χ3v) is 9.68. The van der Waals surface area contributed by atoms with Crippen LogP contribution >= 0.6 is 34.9 Å². The second kappa shape index (κ2) is 9.95. The minimum absolute atomic E-state index is 0.0675. The number of amides is 1. The summed E-state index contributed by atoms with van der Waals surface area (Å²) in [5.74, 6) is 1.57. The monoisotopic (exact) mass is 537 g/mol. The highest BCUT2D eigenvalue weighted by molar-refractivity contribution is 8.00. The van der Waals surface area contributed by atoms with Gasteiger partial charge < -0.3 is 10.1 Å². The standard InChI is InChI=1S/C27H27N3O3S3/c1-16-5-9-18(10-6-16)30-25(32)23-20-13-27(2,3)35-14-21(20)36-24(23)29-26(30)34-15-22(31)28-17-7-11-19(33-4)12-8-17/h5-12H,13-15H2,1-4H3,(H,28,31). The van der Waals surface area contributed by atoms with Gasteiger partial charge in [0.1, 0.15) is 10.6 Å². The molecular weight excluding hydrogens is 511 g/mol. The average Bonchev–Trinajstić information content (AvgIpc) is 3.21. The highest BCUT2D eigenvalue weighted by Crippen LogP contribution is 2.44. The number of ether oxygens (including phenoxy) is 1. The fourth-order valence-electron chi connectivity index (χ4n) is 4.19. The Labute approximate surface area is 222 Å². The summed E-state index contributed by atoms with van der Waals surface area (Å²) in [5, 5.41) is 4.14. The molecule has 0 saturated carbocycles. The Morgan fingerprint density at radius 1 is 1.17 bits per heavy atom. The summed E-state index contributed by atoms with van der Waals surface area (Å²) < 4.78 is 6.91. The highest BCUT2D eigenvalue weighted by atomic mass is 32.2. The van der Waals surface area contributed by atoms with Gasteiger partial charge in [-0.2, -0.15) is 0 Å². The first kappa shape index (κ1) is 24.9. The van der Waals surface area contributed by atoms with Crippen LogP contribution < -0.4 is 15.6 Å². The fourth-order valence-corrected chi connectivity index (χ4v) is 7.39. The number of hydrogen-bond donors (Lipinski definition) is 1. The van der Waals surface area contributed by atoms with Crippen LogP contribution in [0.25, 0.3) is 15.9 Å². The van der Waals surface area contributed by atoms with Crippen molar-refractivity contribution in [2.45, 2.75) is 42.8 Å². The number of nitrogens with zero attached hydrogens (tertiary/aromatic N) is 2. The van der Waals surface area contributed by atoms with E-state index in [9.17, 15) is 9.59 Å².